The standard InChI is InChI=1S/C23H26N2O4.ClH/c1-3-11-24(16-14-19-20(28-2)9-6-10-21(19)29-15-16)12-13-25-22(26)17-7-4-5-8-18(17)23(25)27;/h4-10,16H,3,11-15H2,1-2H3;1H. The van der Waals surface area contributed by atoms with E-state index < -0.39 is 0 Å². The van der Waals surface area contributed by atoms with Crippen LogP contribution >= 0.6 is 12.4 Å². The van der Waals surface area contributed by atoms with Crippen LogP contribution in [0, 0.1) is 0 Å². The third-order valence-electron chi connectivity index (χ3n) is 5.70. The molecule has 2 amide bonds. The molecule has 160 valence electrons. The van der Waals surface area contributed by atoms with E-state index in [0.29, 0.717) is 30.8 Å². The van der Waals surface area contributed by atoms with Crippen LogP contribution in [0.4, 0.5) is 0 Å². The van der Waals surface area contributed by atoms with Gasteiger partial charge in [-0.25, -0.2) is 0 Å². The van der Waals surface area contributed by atoms with Crippen molar-refractivity contribution in [1.82, 2.24) is 9.80 Å². The van der Waals surface area contributed by atoms with E-state index in [2.05, 4.69) is 11.8 Å². The Hall–Kier alpha value is -2.57. The summed E-state index contributed by atoms with van der Waals surface area (Å²) in [6.45, 7) is 4.59. The maximum atomic E-state index is 12.6. The molecule has 0 aliphatic carbocycles. The van der Waals surface area contributed by atoms with Crippen molar-refractivity contribution >= 4 is 24.2 Å². The van der Waals surface area contributed by atoms with E-state index in [-0.39, 0.29) is 30.3 Å². The van der Waals surface area contributed by atoms with Crippen LogP contribution in [0.15, 0.2) is 42.5 Å². The molecule has 0 saturated carbocycles. The Kier molecular flexibility index (Phi) is 7.00. The molecule has 7 heteroatoms. The number of fused-ring (bicyclic) bond motifs is 2. The van der Waals surface area contributed by atoms with E-state index in [1.807, 2.05) is 18.2 Å². The van der Waals surface area contributed by atoms with Gasteiger partial charge in [-0.2, -0.15) is 0 Å². The summed E-state index contributed by atoms with van der Waals surface area (Å²) < 4.78 is 11.5. The minimum Gasteiger partial charge on any atom is -0.496 e. The number of hydrogen-bond donors (Lipinski definition) is 0. The minimum absolute atomic E-state index is 0. The van der Waals surface area contributed by atoms with E-state index in [4.69, 9.17) is 9.47 Å². The van der Waals surface area contributed by atoms with E-state index in [9.17, 15) is 9.59 Å². The van der Waals surface area contributed by atoms with E-state index in [0.717, 1.165) is 36.4 Å². The van der Waals surface area contributed by atoms with Gasteiger partial charge in [-0.1, -0.05) is 25.1 Å². The molecule has 4 rings (SSSR count). The van der Waals surface area contributed by atoms with E-state index in [1.165, 1.54) is 4.90 Å². The van der Waals surface area contributed by atoms with E-state index >= 15 is 0 Å². The smallest absolute Gasteiger partial charge is 0.261 e. The molecule has 0 fully saturated rings. The quantitative estimate of drug-likeness (QED) is 0.630. The molecule has 0 aromatic heterocycles. The monoisotopic (exact) mass is 430 g/mol. The number of ether oxygens (including phenoxy) is 2. The predicted molar refractivity (Wildman–Crippen MR) is 117 cm³/mol. The molecule has 30 heavy (non-hydrogen) atoms. The van der Waals surface area contributed by atoms with Gasteiger partial charge in [0.2, 0.25) is 0 Å². The highest BCUT2D eigenvalue weighted by molar-refractivity contribution is 6.21. The van der Waals surface area contributed by atoms with Crippen molar-refractivity contribution in [3.8, 4) is 11.5 Å². The second-order valence-electron chi connectivity index (χ2n) is 7.45. The van der Waals surface area contributed by atoms with Crippen molar-refractivity contribution in [1.29, 1.82) is 0 Å². The Morgan fingerprint density at radius 2 is 1.77 bits per heavy atom. The number of imide groups is 1. The molecular formula is C23H27ClN2O4. The lowest BCUT2D eigenvalue weighted by Crippen LogP contribution is -2.47. The summed E-state index contributed by atoms with van der Waals surface area (Å²) in [4.78, 5) is 29.0. The SMILES string of the molecule is CCCN(CCN1C(=O)c2ccccc2C1=O)C1COc2cccc(OC)c2C1.Cl. The molecule has 2 heterocycles. The van der Waals surface area contributed by atoms with Crippen molar-refractivity contribution in [2.24, 2.45) is 0 Å². The molecule has 1 unspecified atom stereocenters. The largest absolute Gasteiger partial charge is 0.496 e. The lowest BCUT2D eigenvalue weighted by molar-refractivity contribution is 0.0600. The van der Waals surface area contributed by atoms with Crippen LogP contribution in [0.5, 0.6) is 11.5 Å². The molecule has 6 nitrogen and oxygen atoms in total. The van der Waals surface area contributed by atoms with Gasteiger partial charge < -0.3 is 9.47 Å². The van der Waals surface area contributed by atoms with Crippen molar-refractivity contribution in [3.63, 3.8) is 0 Å². The molecule has 2 aliphatic rings. The Morgan fingerprint density at radius 1 is 1.07 bits per heavy atom. The van der Waals surface area contributed by atoms with Crippen molar-refractivity contribution in [2.75, 3.05) is 33.4 Å². The lowest BCUT2D eigenvalue weighted by Gasteiger charge is -2.36. The molecule has 0 radical (unpaired) electrons. The summed E-state index contributed by atoms with van der Waals surface area (Å²) >= 11 is 0. The second kappa shape index (κ2) is 9.49. The van der Waals surface area contributed by atoms with Crippen LogP contribution in [0.2, 0.25) is 0 Å². The molecule has 0 spiro atoms. The number of carbonyl (C=O) groups is 2. The van der Waals surface area contributed by atoms with Gasteiger partial charge in [-0.05, 0) is 43.7 Å². The van der Waals surface area contributed by atoms with Gasteiger partial charge in [0.1, 0.15) is 18.1 Å². The Labute approximate surface area is 183 Å². The topological polar surface area (TPSA) is 59.1 Å². The number of benzene rings is 2. The Bertz CT molecular complexity index is 884. The van der Waals surface area contributed by atoms with Crippen LogP contribution in [0.25, 0.3) is 0 Å². The Balaban J connectivity index is 0.00000256. The van der Waals surface area contributed by atoms with Crippen molar-refractivity contribution < 1.29 is 19.1 Å². The minimum atomic E-state index is -0.200. The summed E-state index contributed by atoms with van der Waals surface area (Å²) in [6, 6.07) is 13.1. The molecule has 0 saturated heterocycles. The lowest BCUT2D eigenvalue weighted by atomic mass is 10.00. The number of rotatable bonds is 7. The van der Waals surface area contributed by atoms with Crippen LogP contribution < -0.4 is 9.47 Å². The highest BCUT2D eigenvalue weighted by Gasteiger charge is 2.36. The molecule has 0 N–H and O–H groups in total. The molecule has 1 atom stereocenters. The van der Waals surface area contributed by atoms with E-state index in [1.54, 1.807) is 31.4 Å². The Morgan fingerprint density at radius 3 is 2.40 bits per heavy atom. The summed E-state index contributed by atoms with van der Waals surface area (Å²) in [6.07, 6.45) is 1.80. The molecule has 2 aliphatic heterocycles. The van der Waals surface area contributed by atoms with Gasteiger partial charge in [0.05, 0.1) is 18.2 Å². The average molecular weight is 431 g/mol. The highest BCUT2D eigenvalue weighted by atomic mass is 35.5. The number of halogens is 1. The molecule has 2 aromatic rings. The molecular weight excluding hydrogens is 404 g/mol. The van der Waals surface area contributed by atoms with Gasteiger partial charge in [0.15, 0.2) is 0 Å². The predicted octanol–water partition coefficient (Wildman–Crippen LogP) is 3.43. The number of nitrogens with zero attached hydrogens (tertiary/aromatic N) is 2. The normalized spacial score (nSPS) is 17.3. The van der Waals surface area contributed by atoms with Crippen molar-refractivity contribution in [3.05, 3.63) is 59.2 Å². The number of amides is 2. The number of methoxy groups -OCH3 is 1. The number of hydrogen-bond acceptors (Lipinski definition) is 5. The van der Waals surface area contributed by atoms with Gasteiger partial charge in [-0.15, -0.1) is 12.4 Å². The summed E-state index contributed by atoms with van der Waals surface area (Å²) in [7, 11) is 1.67. The first-order valence-corrected chi connectivity index (χ1v) is 10.1. The summed E-state index contributed by atoms with van der Waals surface area (Å²) in [5.41, 5.74) is 2.08. The average Bonchev–Trinajstić information content (AvgIpc) is 3.00. The fraction of sp³-hybridized carbons (Fsp3) is 0.391. The molecule has 2 aromatic carbocycles. The maximum Gasteiger partial charge on any atom is 0.261 e. The van der Waals surface area contributed by atoms with Gasteiger partial charge in [0, 0.05) is 24.7 Å². The first-order chi connectivity index (χ1) is 14.1. The maximum absolute atomic E-state index is 12.6. The van der Waals surface area contributed by atoms with Gasteiger partial charge in [-0.3, -0.25) is 19.4 Å². The first-order valence-electron chi connectivity index (χ1n) is 10.1. The van der Waals surface area contributed by atoms with Crippen LogP contribution in [-0.4, -0.2) is 61.0 Å². The van der Waals surface area contributed by atoms with Crippen LogP contribution in [-0.2, 0) is 6.42 Å². The first kappa shape index (κ1) is 22.1. The summed E-state index contributed by atoms with van der Waals surface area (Å²) in [5, 5.41) is 0. The third kappa shape index (κ3) is 4.02. The fourth-order valence-corrected chi connectivity index (χ4v) is 4.22. The highest BCUT2D eigenvalue weighted by Crippen LogP contribution is 2.34. The fourth-order valence-electron chi connectivity index (χ4n) is 4.22. The van der Waals surface area contributed by atoms with Gasteiger partial charge >= 0.3 is 0 Å². The zero-order chi connectivity index (χ0) is 20.4. The second-order valence-corrected chi connectivity index (χ2v) is 7.45. The van der Waals surface area contributed by atoms with Crippen LogP contribution in [0.1, 0.15) is 39.6 Å². The molecule has 0 bridgehead atoms. The number of carbonyl (C=O) groups excluding carboxylic acids is 2. The van der Waals surface area contributed by atoms with Gasteiger partial charge in [0.25, 0.3) is 11.8 Å². The third-order valence-corrected chi connectivity index (χ3v) is 5.70. The summed E-state index contributed by atoms with van der Waals surface area (Å²) in [5.74, 6) is 1.31. The van der Waals surface area contributed by atoms with Crippen LogP contribution in [0.3, 0.4) is 0 Å². The zero-order valence-corrected chi connectivity index (χ0v) is 18.1. The zero-order valence-electron chi connectivity index (χ0n) is 17.3. The van der Waals surface area contributed by atoms with Crippen molar-refractivity contribution in [2.45, 2.75) is 25.8 Å².